The average molecular weight is 690 g/mol. The maximum atomic E-state index is 10.2. The molecule has 1 fully saturated rings. The van der Waals surface area contributed by atoms with Gasteiger partial charge >= 0.3 is 44.9 Å². The fraction of sp³-hybridized carbons (Fsp3) is 0.500. The number of hydrogen-bond donors (Lipinski definition) is 4. The van der Waals surface area contributed by atoms with Crippen molar-refractivity contribution in [3.63, 3.8) is 0 Å². The van der Waals surface area contributed by atoms with Crippen LogP contribution < -0.4 is 0 Å². The number of carboxylic acids is 4. The maximum Gasteiger partial charge on any atom is 2.00 e. The second-order valence-corrected chi connectivity index (χ2v) is 7.58. The third-order valence-electron chi connectivity index (χ3n) is 3.83. The van der Waals surface area contributed by atoms with E-state index < -0.39 is 28.7 Å². The van der Waals surface area contributed by atoms with Crippen LogP contribution >= 0.6 is 23.2 Å². The minimum absolute atomic E-state index is 0. The summed E-state index contributed by atoms with van der Waals surface area (Å²) in [6.45, 7) is 0. The molecule has 0 bridgehead atoms. The molecule has 1 aliphatic carbocycles. The normalized spacial score (nSPS) is 16.2. The zero-order valence-corrected chi connectivity index (χ0v) is 21.3. The molecule has 0 heterocycles. The summed E-state index contributed by atoms with van der Waals surface area (Å²) in [4.78, 5) is 36.5. The number of alkyl halides is 2. The molecule has 6 N–H and O–H groups in total. The van der Waals surface area contributed by atoms with Gasteiger partial charge in [-0.1, -0.05) is 79.2 Å². The summed E-state index contributed by atoms with van der Waals surface area (Å²) in [5.41, 5.74) is 15.8. The van der Waals surface area contributed by atoms with Crippen molar-refractivity contribution in [2.24, 2.45) is 0 Å². The topological polar surface area (TPSA) is 197 Å². The minimum Gasteiger partial charge on any atom is -0.676 e. The molecular weight excluding hydrogens is 662 g/mol. The first-order valence-electron chi connectivity index (χ1n) is 9.53. The van der Waals surface area contributed by atoms with Crippen molar-refractivity contribution in [3.05, 3.63) is 47.4 Å². The molecule has 33 heavy (non-hydrogen) atoms. The predicted molar refractivity (Wildman–Crippen MR) is 120 cm³/mol. The van der Waals surface area contributed by atoms with Crippen LogP contribution in [0.25, 0.3) is 11.5 Å². The van der Waals surface area contributed by atoms with Crippen molar-refractivity contribution in [2.45, 2.75) is 61.9 Å². The first-order valence-corrected chi connectivity index (χ1v) is 10.4. The molecule has 10 nitrogen and oxygen atoms in total. The largest absolute Gasteiger partial charge is 2.00 e. The molecule has 0 spiro atoms. The quantitative estimate of drug-likeness (QED) is 0.255. The van der Waals surface area contributed by atoms with Gasteiger partial charge in [0.25, 0.3) is 0 Å². The zero-order valence-electron chi connectivity index (χ0n) is 17.6. The van der Waals surface area contributed by atoms with Crippen LogP contribution in [0.2, 0.25) is 0 Å². The summed E-state index contributed by atoms with van der Waals surface area (Å²) in [7, 11) is 0. The number of carbonyl (C=O) groups is 4. The first kappa shape index (κ1) is 35.9. The van der Waals surface area contributed by atoms with Gasteiger partial charge in [0.2, 0.25) is 4.84 Å². The van der Waals surface area contributed by atoms with Crippen LogP contribution in [0.5, 0.6) is 0 Å². The number of aliphatic carboxylic acids is 4. The monoisotopic (exact) mass is 689 g/mol. The second-order valence-electron chi connectivity index (χ2n) is 6.48. The first-order chi connectivity index (χ1) is 14.9. The number of aryl methyl sites for hydroxylation is 1. The molecule has 0 saturated heterocycles. The summed E-state index contributed by atoms with van der Waals surface area (Å²) in [6.07, 6.45) is 6.08. The Labute approximate surface area is 216 Å². The number of rotatable bonds is 5. The van der Waals surface area contributed by atoms with E-state index in [0.717, 1.165) is 25.7 Å². The van der Waals surface area contributed by atoms with E-state index in [2.05, 4.69) is 0 Å². The summed E-state index contributed by atoms with van der Waals surface area (Å²) < 4.78 is 0. The smallest absolute Gasteiger partial charge is 0.676 e. The molecule has 2 atom stereocenters. The van der Waals surface area contributed by atoms with E-state index in [1.807, 2.05) is 30.3 Å². The van der Waals surface area contributed by atoms with Gasteiger partial charge in [-0.2, -0.15) is 12.1 Å². The third kappa shape index (κ3) is 24.8. The van der Waals surface area contributed by atoms with Crippen molar-refractivity contribution in [3.8, 4) is 0 Å². The van der Waals surface area contributed by atoms with Crippen LogP contribution in [0, 0.1) is 0 Å². The molecule has 0 radical (unpaired) electrons. The Morgan fingerprint density at radius 1 is 0.879 bits per heavy atom. The zero-order chi connectivity index (χ0) is 25.1. The van der Waals surface area contributed by atoms with Gasteiger partial charge in [0.1, 0.15) is 0 Å². The number of nitrogens with one attached hydrogen (secondary N) is 2. The predicted octanol–water partition coefficient (Wildman–Crippen LogP) is 4.52. The number of benzene rings is 1. The average Bonchev–Trinajstić information content (AvgIpc) is 2.72. The third-order valence-corrected chi connectivity index (χ3v) is 4.21. The molecule has 1 aliphatic rings. The number of halogens is 2. The summed E-state index contributed by atoms with van der Waals surface area (Å²) in [5, 5.41) is 30.9. The Hall–Kier alpha value is -1.71. The molecule has 0 aromatic heterocycles. The summed E-state index contributed by atoms with van der Waals surface area (Å²) >= 11 is 9.56. The molecule has 1 saturated carbocycles. The van der Waals surface area contributed by atoms with Crippen molar-refractivity contribution < 1.29 is 60.7 Å². The molecule has 1 aromatic rings. The molecule has 2 rings (SSSR count). The van der Waals surface area contributed by atoms with Crippen LogP contribution in [-0.4, -0.2) is 61.2 Å². The van der Waals surface area contributed by atoms with E-state index >= 15 is 0 Å². The summed E-state index contributed by atoms with van der Waals surface area (Å²) in [6, 6.07) is 9.77. The molecule has 1 aromatic carbocycles. The summed E-state index contributed by atoms with van der Waals surface area (Å²) in [5.74, 6) is -5.57. The van der Waals surface area contributed by atoms with Crippen LogP contribution in [0.15, 0.2) is 30.3 Å². The van der Waals surface area contributed by atoms with E-state index in [0.29, 0.717) is 0 Å². The van der Waals surface area contributed by atoms with Crippen LogP contribution in [0.4, 0.5) is 0 Å². The Morgan fingerprint density at radius 3 is 1.55 bits per heavy atom. The number of carboxylic acid groups (broad SMARTS) is 4. The Bertz CT molecular complexity index is 674. The van der Waals surface area contributed by atoms with E-state index in [4.69, 9.17) is 64.7 Å². The fourth-order valence-electron chi connectivity index (χ4n) is 2.22. The molecular formula is C20H28Cl2N2O8Pt. The van der Waals surface area contributed by atoms with Crippen molar-refractivity contribution in [1.29, 1.82) is 0 Å². The minimum atomic E-state index is -1.82. The SMILES string of the molecule is O=C(O)C(=O)O.O=C(O)C(Cl)Cl.O=C(O)CCCc1ccccc1.[NH-]C1CCCCC1[NH-].[Pt+2]. The second kappa shape index (κ2) is 22.1. The molecule has 13 heteroatoms. The van der Waals surface area contributed by atoms with Crippen molar-refractivity contribution >= 4 is 47.1 Å². The molecule has 2 unspecified atom stereocenters. The Balaban J connectivity index is -0.000000379. The standard InChI is InChI=1S/C10H12O2.C6H12N2.C2H2Cl2O2.C2H2O4.Pt/c11-10(12)8-4-7-9-5-2-1-3-6-9;7-5-3-1-2-4-6(5)8;2*3-1(4)2(5)6;/h1-3,5-6H,4,7-8H2,(H,11,12);5-8H,1-4H2;1H,(H,5,6);(H,3,4)(H,5,6);/q;-2;;;+2. The van der Waals surface area contributed by atoms with Crippen LogP contribution in [0.1, 0.15) is 44.1 Å². The van der Waals surface area contributed by atoms with Gasteiger partial charge in [-0.3, -0.25) is 4.79 Å². The van der Waals surface area contributed by atoms with E-state index in [1.54, 1.807) is 0 Å². The Kier molecular flexibility index (Phi) is 24.0. The van der Waals surface area contributed by atoms with Crippen LogP contribution in [0.3, 0.4) is 0 Å². The van der Waals surface area contributed by atoms with Crippen molar-refractivity contribution in [2.75, 3.05) is 0 Å². The van der Waals surface area contributed by atoms with Crippen molar-refractivity contribution in [1.82, 2.24) is 0 Å². The van der Waals surface area contributed by atoms with Gasteiger partial charge in [0.15, 0.2) is 0 Å². The fourth-order valence-corrected chi connectivity index (χ4v) is 2.22. The van der Waals surface area contributed by atoms with E-state index in [-0.39, 0.29) is 39.6 Å². The van der Waals surface area contributed by atoms with Gasteiger partial charge < -0.3 is 31.9 Å². The molecule has 190 valence electrons. The van der Waals surface area contributed by atoms with Gasteiger partial charge in [-0.15, -0.1) is 0 Å². The van der Waals surface area contributed by atoms with Gasteiger partial charge in [0, 0.05) is 6.42 Å². The van der Waals surface area contributed by atoms with E-state index in [1.165, 1.54) is 18.4 Å². The van der Waals surface area contributed by atoms with Gasteiger partial charge in [-0.25, -0.2) is 14.4 Å². The van der Waals surface area contributed by atoms with E-state index in [9.17, 15) is 9.59 Å². The Morgan fingerprint density at radius 2 is 1.27 bits per heavy atom. The van der Waals surface area contributed by atoms with Gasteiger partial charge in [-0.05, 0) is 18.4 Å². The van der Waals surface area contributed by atoms with Crippen LogP contribution in [-0.2, 0) is 46.7 Å². The molecule has 0 amide bonds. The number of hydrogen-bond acceptors (Lipinski definition) is 4. The van der Waals surface area contributed by atoms with Gasteiger partial charge in [0.05, 0.1) is 0 Å². The molecule has 0 aliphatic heterocycles. The maximum absolute atomic E-state index is 10.2.